The van der Waals surface area contributed by atoms with Gasteiger partial charge in [-0.1, -0.05) is 0 Å². The van der Waals surface area contributed by atoms with E-state index in [1.165, 1.54) is 0 Å². The third kappa shape index (κ3) is 2.66. The molecule has 1 heterocycles. The molecule has 1 rings (SSSR count). The minimum absolute atomic E-state index is 0.0223. The lowest BCUT2D eigenvalue weighted by Crippen LogP contribution is -2.36. The summed E-state index contributed by atoms with van der Waals surface area (Å²) in [5, 5.41) is 4.26. The van der Waals surface area contributed by atoms with Crippen LogP contribution in [0.25, 0.3) is 0 Å². The Morgan fingerprint density at radius 2 is 2.12 bits per heavy atom. The first kappa shape index (κ1) is 13.7. The van der Waals surface area contributed by atoms with Crippen LogP contribution in [0.1, 0.15) is 35.1 Å². The molecule has 0 aliphatic heterocycles. The number of carbonyl (C=O) groups excluding carboxylic acids is 1. The molecular formula is C12H22N4O. The summed E-state index contributed by atoms with van der Waals surface area (Å²) in [6.45, 7) is 6.37. The molecule has 0 aromatic carbocycles. The van der Waals surface area contributed by atoms with E-state index >= 15 is 0 Å². The van der Waals surface area contributed by atoms with Gasteiger partial charge in [-0.25, -0.2) is 0 Å². The molecule has 0 aliphatic carbocycles. The van der Waals surface area contributed by atoms with E-state index in [4.69, 9.17) is 5.73 Å². The van der Waals surface area contributed by atoms with Gasteiger partial charge in [-0.05, 0) is 33.7 Å². The summed E-state index contributed by atoms with van der Waals surface area (Å²) in [5.41, 5.74) is 7.90. The molecule has 0 saturated heterocycles. The lowest BCUT2D eigenvalue weighted by atomic mass is 10.1. The van der Waals surface area contributed by atoms with Crippen molar-refractivity contribution in [3.05, 3.63) is 17.0 Å². The highest BCUT2D eigenvalue weighted by molar-refractivity contribution is 5.96. The molecule has 2 N–H and O–H groups in total. The molecule has 17 heavy (non-hydrogen) atoms. The maximum absolute atomic E-state index is 12.3. The molecule has 1 unspecified atom stereocenters. The minimum atomic E-state index is 0.0223. The molecule has 0 saturated carbocycles. The molecule has 0 bridgehead atoms. The Labute approximate surface area is 103 Å². The van der Waals surface area contributed by atoms with Crippen LogP contribution in [0.5, 0.6) is 0 Å². The van der Waals surface area contributed by atoms with Gasteiger partial charge in [-0.2, -0.15) is 5.10 Å². The Bertz CT molecular complexity index is 411. The molecule has 0 spiro atoms. The topological polar surface area (TPSA) is 64.2 Å². The molecular weight excluding hydrogens is 216 g/mol. The van der Waals surface area contributed by atoms with E-state index in [0.29, 0.717) is 12.1 Å². The average Bonchev–Trinajstić information content (AvgIpc) is 2.51. The van der Waals surface area contributed by atoms with Gasteiger partial charge in [0.1, 0.15) is 0 Å². The van der Waals surface area contributed by atoms with Gasteiger partial charge in [0.05, 0.1) is 11.3 Å². The fraction of sp³-hybridized carbons (Fsp3) is 0.667. The SMILES string of the molecule is Cc1nn(C)c(C)c1C(=O)N(C)C(C)CCN. The van der Waals surface area contributed by atoms with Crippen molar-refractivity contribution in [2.24, 2.45) is 12.8 Å². The molecule has 5 heteroatoms. The predicted octanol–water partition coefficient (Wildman–Crippen LogP) is 0.846. The van der Waals surface area contributed by atoms with Crippen molar-refractivity contribution in [2.45, 2.75) is 33.2 Å². The first-order chi connectivity index (χ1) is 7.90. The number of hydrogen-bond acceptors (Lipinski definition) is 3. The number of nitrogens with two attached hydrogens (primary N) is 1. The zero-order valence-corrected chi connectivity index (χ0v) is 11.3. The van der Waals surface area contributed by atoms with Crippen LogP contribution < -0.4 is 5.73 Å². The highest BCUT2D eigenvalue weighted by Crippen LogP contribution is 2.16. The largest absolute Gasteiger partial charge is 0.339 e. The first-order valence-electron chi connectivity index (χ1n) is 5.87. The number of nitrogens with zero attached hydrogens (tertiary/aromatic N) is 3. The number of carbonyl (C=O) groups is 1. The lowest BCUT2D eigenvalue weighted by molar-refractivity contribution is 0.0737. The lowest BCUT2D eigenvalue weighted by Gasteiger charge is -2.24. The van der Waals surface area contributed by atoms with Crippen LogP contribution in [0.15, 0.2) is 0 Å². The zero-order chi connectivity index (χ0) is 13.2. The van der Waals surface area contributed by atoms with Gasteiger partial charge in [0, 0.05) is 25.8 Å². The zero-order valence-electron chi connectivity index (χ0n) is 11.3. The normalized spacial score (nSPS) is 12.6. The molecule has 1 aromatic rings. The molecule has 0 radical (unpaired) electrons. The second-order valence-electron chi connectivity index (χ2n) is 4.51. The van der Waals surface area contributed by atoms with Gasteiger partial charge < -0.3 is 10.6 Å². The smallest absolute Gasteiger partial charge is 0.257 e. The second kappa shape index (κ2) is 5.31. The fourth-order valence-electron chi connectivity index (χ4n) is 1.89. The van der Waals surface area contributed by atoms with Crippen LogP contribution in [-0.4, -0.2) is 40.2 Å². The predicted molar refractivity (Wildman–Crippen MR) is 67.9 cm³/mol. The highest BCUT2D eigenvalue weighted by atomic mass is 16.2. The van der Waals surface area contributed by atoms with Crippen molar-refractivity contribution >= 4 is 5.91 Å². The van der Waals surface area contributed by atoms with Crippen LogP contribution in [0, 0.1) is 13.8 Å². The van der Waals surface area contributed by atoms with Crippen LogP contribution >= 0.6 is 0 Å². The second-order valence-corrected chi connectivity index (χ2v) is 4.51. The summed E-state index contributed by atoms with van der Waals surface area (Å²) in [5.74, 6) is 0.0223. The summed E-state index contributed by atoms with van der Waals surface area (Å²) in [6.07, 6.45) is 0.806. The maximum atomic E-state index is 12.3. The van der Waals surface area contributed by atoms with E-state index in [1.54, 1.807) is 9.58 Å². The van der Waals surface area contributed by atoms with Gasteiger partial charge in [0.15, 0.2) is 0 Å². The van der Waals surface area contributed by atoms with E-state index in [0.717, 1.165) is 17.8 Å². The number of aromatic nitrogens is 2. The Morgan fingerprint density at radius 1 is 1.53 bits per heavy atom. The quantitative estimate of drug-likeness (QED) is 0.845. The number of rotatable bonds is 4. The first-order valence-corrected chi connectivity index (χ1v) is 5.87. The van der Waals surface area contributed by atoms with Crippen molar-refractivity contribution in [2.75, 3.05) is 13.6 Å². The number of amides is 1. The summed E-state index contributed by atoms with van der Waals surface area (Å²) < 4.78 is 1.74. The third-order valence-corrected chi connectivity index (χ3v) is 3.29. The molecule has 1 amide bonds. The van der Waals surface area contributed by atoms with Crippen molar-refractivity contribution < 1.29 is 4.79 Å². The molecule has 1 atom stereocenters. The van der Waals surface area contributed by atoms with E-state index in [-0.39, 0.29) is 11.9 Å². The van der Waals surface area contributed by atoms with Gasteiger partial charge in [-0.15, -0.1) is 0 Å². The summed E-state index contributed by atoms with van der Waals surface area (Å²) >= 11 is 0. The van der Waals surface area contributed by atoms with Crippen LogP contribution in [0.2, 0.25) is 0 Å². The Balaban J connectivity index is 2.96. The number of aryl methyl sites for hydroxylation is 2. The van der Waals surface area contributed by atoms with Crippen molar-refractivity contribution in [3.8, 4) is 0 Å². The van der Waals surface area contributed by atoms with E-state index < -0.39 is 0 Å². The Kier molecular flexibility index (Phi) is 4.28. The van der Waals surface area contributed by atoms with Gasteiger partial charge in [0.25, 0.3) is 5.91 Å². The Morgan fingerprint density at radius 3 is 2.53 bits per heavy atom. The van der Waals surface area contributed by atoms with Crippen LogP contribution in [0.3, 0.4) is 0 Å². The summed E-state index contributed by atoms with van der Waals surface area (Å²) in [4.78, 5) is 14.1. The van der Waals surface area contributed by atoms with Crippen molar-refractivity contribution in [3.63, 3.8) is 0 Å². The maximum Gasteiger partial charge on any atom is 0.257 e. The van der Waals surface area contributed by atoms with Gasteiger partial charge in [0.2, 0.25) is 0 Å². The number of hydrogen-bond donors (Lipinski definition) is 1. The molecule has 96 valence electrons. The van der Waals surface area contributed by atoms with Crippen molar-refractivity contribution in [1.29, 1.82) is 0 Å². The van der Waals surface area contributed by atoms with E-state index in [1.807, 2.05) is 34.9 Å². The summed E-state index contributed by atoms with van der Waals surface area (Å²) in [6, 6.07) is 0.145. The van der Waals surface area contributed by atoms with Crippen molar-refractivity contribution in [1.82, 2.24) is 14.7 Å². The van der Waals surface area contributed by atoms with E-state index in [2.05, 4.69) is 5.10 Å². The molecule has 0 aliphatic rings. The third-order valence-electron chi connectivity index (χ3n) is 3.29. The van der Waals surface area contributed by atoms with Gasteiger partial charge >= 0.3 is 0 Å². The Hall–Kier alpha value is -1.36. The van der Waals surface area contributed by atoms with E-state index in [9.17, 15) is 4.79 Å². The fourth-order valence-corrected chi connectivity index (χ4v) is 1.89. The summed E-state index contributed by atoms with van der Waals surface area (Å²) in [7, 11) is 3.66. The minimum Gasteiger partial charge on any atom is -0.339 e. The average molecular weight is 238 g/mol. The standard InChI is InChI=1S/C12H22N4O/c1-8(6-7-13)15(4)12(17)11-9(2)14-16(5)10(11)3/h8H,6-7,13H2,1-5H3. The molecule has 5 nitrogen and oxygen atoms in total. The molecule has 1 aromatic heterocycles. The van der Waals surface area contributed by atoms with Crippen LogP contribution in [0.4, 0.5) is 0 Å². The van der Waals surface area contributed by atoms with Crippen LogP contribution in [-0.2, 0) is 7.05 Å². The van der Waals surface area contributed by atoms with Gasteiger partial charge in [-0.3, -0.25) is 9.48 Å². The highest BCUT2D eigenvalue weighted by Gasteiger charge is 2.23. The monoisotopic (exact) mass is 238 g/mol. The molecule has 0 fully saturated rings.